The number of ether oxygens (including phenoxy) is 4. The summed E-state index contributed by atoms with van der Waals surface area (Å²) < 4.78 is 21.3. The highest BCUT2D eigenvalue weighted by Crippen LogP contribution is 2.46. The Labute approximate surface area is 847 Å². The summed E-state index contributed by atoms with van der Waals surface area (Å²) in [5.74, 6) is 2.69. The van der Waals surface area contributed by atoms with E-state index in [0.717, 1.165) is 163 Å². The van der Waals surface area contributed by atoms with E-state index in [0.29, 0.717) is 50.3 Å². The minimum absolute atomic E-state index is 0.105. The summed E-state index contributed by atoms with van der Waals surface area (Å²) in [5.41, 5.74) is 23.6. The van der Waals surface area contributed by atoms with Crippen molar-refractivity contribution in [3.63, 3.8) is 0 Å². The Morgan fingerprint density at radius 2 is 0.623 bits per heavy atom. The lowest BCUT2D eigenvalue weighted by atomic mass is 9.83. The Hall–Kier alpha value is -20.3. The lowest BCUT2D eigenvalue weighted by molar-refractivity contribution is -0.114. The molecule has 2 aliphatic rings. The first-order valence-electron chi connectivity index (χ1n) is 47.0. The topological polar surface area (TPSA) is 174 Å². The van der Waals surface area contributed by atoms with Crippen LogP contribution < -0.4 is 38.5 Å². The lowest BCUT2D eigenvalue weighted by Crippen LogP contribution is -2.20. The molecule has 0 radical (unpaired) electrons. The first kappa shape index (κ1) is 96.0. The molecular formula is C130H92N8O8. The summed E-state index contributed by atoms with van der Waals surface area (Å²) in [4.78, 5) is 65.5. The molecule has 0 atom stereocenters. The van der Waals surface area contributed by atoms with Crippen molar-refractivity contribution in [1.82, 2.24) is 0 Å². The summed E-state index contributed by atoms with van der Waals surface area (Å²) in [6.45, 7) is 15.2. The van der Waals surface area contributed by atoms with Gasteiger partial charge in [-0.25, -0.2) is 9.69 Å². The van der Waals surface area contributed by atoms with Gasteiger partial charge in [-0.3, -0.25) is 19.2 Å². The van der Waals surface area contributed by atoms with Crippen molar-refractivity contribution in [2.75, 3.05) is 48.0 Å². The number of carbonyl (C=O) groups excluding carboxylic acids is 4. The van der Waals surface area contributed by atoms with Gasteiger partial charge in [0.1, 0.15) is 23.0 Å². The van der Waals surface area contributed by atoms with Gasteiger partial charge in [-0.15, -0.1) is 0 Å². The first-order chi connectivity index (χ1) is 71.6. The highest BCUT2D eigenvalue weighted by Gasteiger charge is 2.30. The molecule has 19 aromatic rings. The Morgan fingerprint density at radius 3 is 1.02 bits per heavy atom. The third-order valence-electron chi connectivity index (χ3n) is 25.0. The van der Waals surface area contributed by atoms with E-state index in [4.69, 9.17) is 37.4 Å². The van der Waals surface area contributed by atoms with Crippen LogP contribution in [0.5, 0.6) is 23.0 Å². The number of rotatable bonds is 24. The third kappa shape index (κ3) is 21.9. The van der Waals surface area contributed by atoms with E-state index in [1.54, 1.807) is 89.1 Å². The first-order valence-corrected chi connectivity index (χ1v) is 47.0. The van der Waals surface area contributed by atoms with Gasteiger partial charge >= 0.3 is 0 Å². The smallest absolute Gasteiger partial charge is 0.195 e. The molecule has 0 saturated carbocycles. The molecule has 0 bridgehead atoms. The Kier molecular flexibility index (Phi) is 29.6. The summed E-state index contributed by atoms with van der Waals surface area (Å²) in [7, 11) is 6.65. The molecule has 19 aromatic carbocycles. The number of allylic oxidation sites excluding steroid dienone is 5. The zero-order valence-electron chi connectivity index (χ0n) is 80.0. The van der Waals surface area contributed by atoms with Crippen LogP contribution in [0.25, 0.3) is 84.5 Å². The van der Waals surface area contributed by atoms with Crippen molar-refractivity contribution < 1.29 is 38.1 Å². The maximum absolute atomic E-state index is 13.1. The average molecular weight is 1890 g/mol. The molecule has 16 nitrogen and oxygen atoms in total. The molecule has 0 aliphatic heterocycles. The summed E-state index contributed by atoms with van der Waals surface area (Å²) >= 11 is 0. The number of para-hydroxylation sites is 4. The van der Waals surface area contributed by atoms with E-state index in [9.17, 15) is 24.4 Å². The van der Waals surface area contributed by atoms with E-state index in [-0.39, 0.29) is 23.1 Å². The molecule has 0 heterocycles. The van der Waals surface area contributed by atoms with Crippen LogP contribution in [-0.2, 0) is 9.59 Å². The van der Waals surface area contributed by atoms with Gasteiger partial charge < -0.3 is 38.5 Å². The fraction of sp³-hybridized carbons (Fsp3) is 0.0308. The molecule has 0 fully saturated rings. The van der Waals surface area contributed by atoms with Crippen LogP contribution in [0.15, 0.2) is 448 Å². The number of carbonyl (C=O) groups is 4. The highest BCUT2D eigenvalue weighted by atomic mass is 16.5. The predicted octanol–water partition coefficient (Wildman–Crippen LogP) is 32.3. The fourth-order valence-corrected chi connectivity index (χ4v) is 17.7. The number of benzene rings is 19. The zero-order valence-corrected chi connectivity index (χ0v) is 80.0. The van der Waals surface area contributed by atoms with Crippen LogP contribution in [0, 0.1) is 35.8 Å². The van der Waals surface area contributed by atoms with Crippen LogP contribution in [-0.4, -0.2) is 51.6 Å². The molecule has 146 heavy (non-hydrogen) atoms. The summed E-state index contributed by atoms with van der Waals surface area (Å²) in [6, 6.07) is 142. The van der Waals surface area contributed by atoms with E-state index < -0.39 is 0 Å². The molecule has 16 heteroatoms. The number of anilines is 12. The van der Waals surface area contributed by atoms with Gasteiger partial charge in [0.05, 0.1) is 64.8 Å². The second-order valence-electron chi connectivity index (χ2n) is 34.0. The van der Waals surface area contributed by atoms with Crippen LogP contribution in [0.2, 0.25) is 0 Å². The summed E-state index contributed by atoms with van der Waals surface area (Å²) in [6.07, 6.45) is 19.4. The van der Waals surface area contributed by atoms with Gasteiger partial charge in [0.15, 0.2) is 34.5 Å². The molecule has 0 saturated heterocycles. The third-order valence-corrected chi connectivity index (χ3v) is 25.0. The molecular weight excluding hydrogens is 1800 g/mol. The normalized spacial score (nSPS) is 11.8. The lowest BCUT2D eigenvalue weighted by Gasteiger charge is -2.25. The van der Waals surface area contributed by atoms with Gasteiger partial charge in [-0.05, 0) is 315 Å². The standard InChI is InChI=1S/C39H25N3O.C35H25NO3.C29H21N3O.C27H21NO3/c1-41-37-24-28-7-6-10-35-30(25-40)23-29-21-27(22-36(37)39(29)38(28)35)12-11-26-13-15-32(16-14-26)42(31-8-4-3-5-9-31)33-17-19-34(43-2)20-18-33;1-39-29-20-18-28(19-21-29)36(26-7-3-2-4-8-26)27-16-13-24(14-17-27)11-12-25-15-22-32-33(23-25)35(38)31-10-6-5-9-30(31)34(32)37;1-31-29-19-11-23(21-30)20-24(29)12-8-22-9-13-26(14-10-22)32(25-6-4-3-5-7-25)27-15-17-28(33-2)18-16-27;1-31-26-16-13-24(14-17-26)28(22-5-3-2-4-6-22)23-11-8-20(9-12-23)7-10-21-19-25(29)15-18-27(21)30/h3-24H,2H3;2-23H,1H3;3-20H,2H3;2-19H,1H3/b2*12-11-;12-8-;10-7-. The SMILES string of the molecule is COc1ccc(N(c2ccccc2)c2ccc(/C=C\C3=CC(=O)C=CC3=O)cc2)cc1.COc1ccc(N(c2ccccc2)c2ccc(/C=C\c3ccc4c(c3)C(=O)c3ccccc3C4=O)cc2)cc1.[C-]#[N+]c1cc2cccc3c(C#N)cc4cc(/C=C\c5ccc(N(c6ccccc6)c6ccc(OC)cc6)cc5)cc1c4c23.[C-]#[N+]c1ccc(C#N)cc1/C=C\c1ccc(N(c2ccccc2)c2ccc(OC)cc2)cc1. The number of ketones is 4. The largest absolute Gasteiger partial charge is 0.497 e. The minimum atomic E-state index is -0.174. The van der Waals surface area contributed by atoms with Crippen molar-refractivity contribution in [2.45, 2.75) is 0 Å². The quantitative estimate of drug-likeness (QED) is 0.0242. The van der Waals surface area contributed by atoms with Gasteiger partial charge in [-0.2, -0.15) is 10.5 Å². The number of hydrogen-bond donors (Lipinski definition) is 0. The van der Waals surface area contributed by atoms with E-state index in [1.165, 1.54) is 18.2 Å². The molecule has 0 aromatic heterocycles. The zero-order chi connectivity index (χ0) is 101. The number of nitrogens with zero attached hydrogens (tertiary/aromatic N) is 8. The predicted molar refractivity (Wildman–Crippen MR) is 592 cm³/mol. The maximum atomic E-state index is 13.1. The Morgan fingerprint density at radius 1 is 0.274 bits per heavy atom. The van der Waals surface area contributed by atoms with E-state index in [2.05, 4.69) is 187 Å². The number of nitriles is 2. The number of methoxy groups -OCH3 is 4. The van der Waals surface area contributed by atoms with E-state index in [1.807, 2.05) is 261 Å². The van der Waals surface area contributed by atoms with Crippen LogP contribution >= 0.6 is 0 Å². The van der Waals surface area contributed by atoms with Gasteiger partial charge in [-0.1, -0.05) is 237 Å². The summed E-state index contributed by atoms with van der Waals surface area (Å²) in [5, 5.41) is 24.9. The minimum Gasteiger partial charge on any atom is -0.497 e. The van der Waals surface area contributed by atoms with Crippen molar-refractivity contribution in [2.24, 2.45) is 0 Å². The molecule has 0 spiro atoms. The molecule has 0 unspecified atom stereocenters. The second kappa shape index (κ2) is 45.1. The van der Waals surface area contributed by atoms with Crippen molar-refractivity contribution >= 4 is 178 Å². The highest BCUT2D eigenvalue weighted by molar-refractivity contribution is 6.29. The molecule has 2 aliphatic carbocycles. The number of fused-ring (bicyclic) bond motifs is 2. The van der Waals surface area contributed by atoms with Gasteiger partial charge in [0.25, 0.3) is 0 Å². The van der Waals surface area contributed by atoms with Crippen molar-refractivity contribution in [3.8, 4) is 35.1 Å². The molecule has 21 rings (SSSR count). The van der Waals surface area contributed by atoms with Crippen molar-refractivity contribution in [1.29, 1.82) is 10.5 Å². The monoisotopic (exact) mass is 1890 g/mol. The van der Waals surface area contributed by atoms with Gasteiger partial charge in [0.2, 0.25) is 0 Å². The van der Waals surface area contributed by atoms with Gasteiger partial charge in [0, 0.05) is 101 Å². The molecule has 700 valence electrons. The van der Waals surface area contributed by atoms with Crippen LogP contribution in [0.4, 0.5) is 79.6 Å². The van der Waals surface area contributed by atoms with Crippen LogP contribution in [0.3, 0.4) is 0 Å². The van der Waals surface area contributed by atoms with E-state index >= 15 is 0 Å². The Bertz CT molecular complexity index is 8400. The van der Waals surface area contributed by atoms with Crippen molar-refractivity contribution in [3.05, 3.63) is 544 Å². The Balaban J connectivity index is 0.000000129. The molecule has 0 N–H and O–H groups in total. The number of hydrogen-bond acceptors (Lipinski definition) is 14. The second-order valence-corrected chi connectivity index (χ2v) is 34.0. The maximum Gasteiger partial charge on any atom is 0.195 e. The van der Waals surface area contributed by atoms with Crippen LogP contribution in [0.1, 0.15) is 81.9 Å². The average Bonchev–Trinajstić information content (AvgIpc) is 0.723. The molecule has 0 amide bonds. The fourth-order valence-electron chi connectivity index (χ4n) is 17.7.